The van der Waals surface area contributed by atoms with Crippen LogP contribution in [0.2, 0.25) is 0 Å². The van der Waals surface area contributed by atoms with E-state index >= 15 is 0 Å². The van der Waals surface area contributed by atoms with Crippen LogP contribution in [0.3, 0.4) is 0 Å². The molecule has 0 fully saturated rings. The number of nitrogens with one attached hydrogen (secondary N) is 1. The van der Waals surface area contributed by atoms with E-state index in [1.165, 1.54) is 4.68 Å². The predicted molar refractivity (Wildman–Crippen MR) is 81.3 cm³/mol. The van der Waals surface area contributed by atoms with Crippen LogP contribution < -0.4 is 10.9 Å². The van der Waals surface area contributed by atoms with E-state index < -0.39 is 0 Å². The van der Waals surface area contributed by atoms with Gasteiger partial charge in [-0.25, -0.2) is 4.68 Å². The molecule has 5 nitrogen and oxygen atoms in total. The second-order valence-corrected chi connectivity index (χ2v) is 4.99. The molecule has 0 saturated carbocycles. The first kappa shape index (κ1) is 14.3. The third kappa shape index (κ3) is 3.06. The number of hydrogen-bond acceptors (Lipinski definition) is 4. The van der Waals surface area contributed by atoms with Crippen LogP contribution in [0.4, 0.5) is 5.69 Å². The van der Waals surface area contributed by atoms with Crippen LogP contribution in [-0.2, 0) is 13.1 Å². The average molecular weight is 333 g/mol. The third-order valence-electron chi connectivity index (χ3n) is 2.84. The molecule has 0 atom stereocenters. The predicted octanol–water partition coefficient (Wildman–Crippen LogP) is 1.95. The van der Waals surface area contributed by atoms with Crippen molar-refractivity contribution in [3.63, 3.8) is 0 Å². The van der Waals surface area contributed by atoms with Crippen LogP contribution in [0.15, 0.2) is 33.9 Å². The average Bonchev–Trinajstić information content (AvgIpc) is 2.45. The lowest BCUT2D eigenvalue weighted by Crippen LogP contribution is -2.24. The first-order valence-electron chi connectivity index (χ1n) is 5.96. The molecule has 0 aromatic carbocycles. The molecule has 0 aliphatic heterocycles. The van der Waals surface area contributed by atoms with Crippen LogP contribution in [0.5, 0.6) is 0 Å². The molecule has 2 aromatic heterocycles. The summed E-state index contributed by atoms with van der Waals surface area (Å²) in [6.45, 7) is 2.73. The standard InChI is InChI=1S/C14H13BrN4O/c1-3-6-19-14(20)13(15)12(9-18-19)17-8-11-7-16-5-4-10(11)2/h1,4-5,7,9,17H,6,8H2,2H3. The number of hydrogen-bond donors (Lipinski definition) is 1. The fourth-order valence-corrected chi connectivity index (χ4v) is 2.11. The van der Waals surface area contributed by atoms with Crippen molar-refractivity contribution in [3.8, 4) is 12.3 Å². The molecule has 2 aromatic rings. The summed E-state index contributed by atoms with van der Waals surface area (Å²) in [6, 6.07) is 1.94. The van der Waals surface area contributed by atoms with Gasteiger partial charge < -0.3 is 5.32 Å². The Morgan fingerprint density at radius 3 is 3.00 bits per heavy atom. The van der Waals surface area contributed by atoms with Crippen molar-refractivity contribution in [2.75, 3.05) is 5.32 Å². The summed E-state index contributed by atoms with van der Waals surface area (Å²) in [7, 11) is 0. The summed E-state index contributed by atoms with van der Waals surface area (Å²) in [5.74, 6) is 2.39. The molecule has 2 heterocycles. The van der Waals surface area contributed by atoms with Gasteiger partial charge in [0.25, 0.3) is 5.56 Å². The molecular weight excluding hydrogens is 320 g/mol. The summed E-state index contributed by atoms with van der Waals surface area (Å²) in [5.41, 5.74) is 2.58. The Morgan fingerprint density at radius 1 is 1.50 bits per heavy atom. The number of anilines is 1. The molecular formula is C14H13BrN4O. The van der Waals surface area contributed by atoms with Crippen molar-refractivity contribution < 1.29 is 0 Å². The Kier molecular flexibility index (Phi) is 4.53. The fraction of sp³-hybridized carbons (Fsp3) is 0.214. The molecule has 0 aliphatic carbocycles. The van der Waals surface area contributed by atoms with E-state index in [4.69, 9.17) is 6.42 Å². The number of aryl methyl sites for hydroxylation is 1. The highest BCUT2D eigenvalue weighted by molar-refractivity contribution is 9.10. The fourth-order valence-electron chi connectivity index (χ4n) is 1.66. The van der Waals surface area contributed by atoms with Crippen molar-refractivity contribution in [1.82, 2.24) is 14.8 Å². The van der Waals surface area contributed by atoms with Gasteiger partial charge in [-0.2, -0.15) is 5.10 Å². The highest BCUT2D eigenvalue weighted by atomic mass is 79.9. The van der Waals surface area contributed by atoms with E-state index in [9.17, 15) is 4.79 Å². The Hall–Kier alpha value is -2.13. The van der Waals surface area contributed by atoms with Gasteiger partial charge in [-0.1, -0.05) is 5.92 Å². The van der Waals surface area contributed by atoms with Gasteiger partial charge in [0.2, 0.25) is 0 Å². The number of nitrogens with zero attached hydrogens (tertiary/aromatic N) is 3. The molecule has 0 radical (unpaired) electrons. The van der Waals surface area contributed by atoms with Gasteiger partial charge in [0, 0.05) is 18.9 Å². The Morgan fingerprint density at radius 2 is 2.30 bits per heavy atom. The van der Waals surface area contributed by atoms with Gasteiger partial charge in [-0.15, -0.1) is 6.42 Å². The van der Waals surface area contributed by atoms with Crippen molar-refractivity contribution in [3.05, 3.63) is 50.6 Å². The zero-order chi connectivity index (χ0) is 14.5. The molecule has 1 N–H and O–H groups in total. The first-order chi connectivity index (χ1) is 9.63. The molecule has 0 amide bonds. The first-order valence-corrected chi connectivity index (χ1v) is 6.75. The van der Waals surface area contributed by atoms with Crippen LogP contribution >= 0.6 is 15.9 Å². The Labute approximate surface area is 125 Å². The molecule has 0 bridgehead atoms. The molecule has 0 unspecified atom stereocenters. The van der Waals surface area contributed by atoms with E-state index in [0.29, 0.717) is 16.7 Å². The van der Waals surface area contributed by atoms with Gasteiger partial charge in [0.05, 0.1) is 11.9 Å². The van der Waals surface area contributed by atoms with E-state index in [0.717, 1.165) is 11.1 Å². The van der Waals surface area contributed by atoms with Crippen molar-refractivity contribution in [1.29, 1.82) is 0 Å². The van der Waals surface area contributed by atoms with Gasteiger partial charge in [-0.3, -0.25) is 9.78 Å². The topological polar surface area (TPSA) is 59.8 Å². The molecule has 0 saturated heterocycles. The minimum absolute atomic E-state index is 0.152. The monoisotopic (exact) mass is 332 g/mol. The van der Waals surface area contributed by atoms with Crippen molar-refractivity contribution in [2.45, 2.75) is 20.0 Å². The zero-order valence-electron chi connectivity index (χ0n) is 10.9. The van der Waals surface area contributed by atoms with Gasteiger partial charge in [0.1, 0.15) is 11.0 Å². The lowest BCUT2D eigenvalue weighted by atomic mass is 10.1. The summed E-state index contributed by atoms with van der Waals surface area (Å²) < 4.78 is 1.65. The summed E-state index contributed by atoms with van der Waals surface area (Å²) in [4.78, 5) is 16.0. The lowest BCUT2D eigenvalue weighted by Gasteiger charge is -2.10. The smallest absolute Gasteiger partial charge is 0.284 e. The maximum Gasteiger partial charge on any atom is 0.284 e. The Balaban J connectivity index is 2.19. The number of rotatable bonds is 4. The van der Waals surface area contributed by atoms with Crippen LogP contribution in [0.25, 0.3) is 0 Å². The van der Waals surface area contributed by atoms with Gasteiger partial charge >= 0.3 is 0 Å². The second-order valence-electron chi connectivity index (χ2n) is 4.19. The second kappa shape index (κ2) is 6.35. The molecule has 102 valence electrons. The number of aromatic nitrogens is 3. The maximum atomic E-state index is 12.0. The lowest BCUT2D eigenvalue weighted by molar-refractivity contribution is 0.659. The highest BCUT2D eigenvalue weighted by Crippen LogP contribution is 2.17. The van der Waals surface area contributed by atoms with Crippen LogP contribution in [0.1, 0.15) is 11.1 Å². The van der Waals surface area contributed by atoms with E-state index in [2.05, 4.69) is 37.2 Å². The minimum Gasteiger partial charge on any atom is -0.379 e. The number of halogens is 1. The summed E-state index contributed by atoms with van der Waals surface area (Å²) in [5, 5.41) is 7.18. The van der Waals surface area contributed by atoms with Crippen LogP contribution in [-0.4, -0.2) is 14.8 Å². The van der Waals surface area contributed by atoms with Crippen molar-refractivity contribution in [2.24, 2.45) is 0 Å². The molecule has 20 heavy (non-hydrogen) atoms. The number of pyridine rings is 1. The summed E-state index contributed by atoms with van der Waals surface area (Å²) >= 11 is 3.27. The summed E-state index contributed by atoms with van der Waals surface area (Å²) in [6.07, 6.45) is 10.3. The number of terminal acetylenes is 1. The molecule has 6 heteroatoms. The molecule has 0 aliphatic rings. The van der Waals surface area contributed by atoms with Crippen molar-refractivity contribution >= 4 is 21.6 Å². The van der Waals surface area contributed by atoms with Crippen LogP contribution in [0, 0.1) is 19.3 Å². The molecule has 2 rings (SSSR count). The normalized spacial score (nSPS) is 10.1. The Bertz CT molecular complexity index is 718. The van der Waals surface area contributed by atoms with E-state index in [-0.39, 0.29) is 12.1 Å². The maximum absolute atomic E-state index is 12.0. The van der Waals surface area contributed by atoms with Gasteiger partial charge in [0.15, 0.2) is 0 Å². The SMILES string of the molecule is C#CCn1ncc(NCc2cnccc2C)c(Br)c1=O. The highest BCUT2D eigenvalue weighted by Gasteiger charge is 2.08. The quantitative estimate of drug-likeness (QED) is 0.869. The van der Waals surface area contributed by atoms with E-state index in [1.54, 1.807) is 18.6 Å². The minimum atomic E-state index is -0.254. The largest absolute Gasteiger partial charge is 0.379 e. The zero-order valence-corrected chi connectivity index (χ0v) is 12.5. The third-order valence-corrected chi connectivity index (χ3v) is 3.61. The molecule has 0 spiro atoms. The van der Waals surface area contributed by atoms with E-state index in [1.807, 2.05) is 13.0 Å². The van der Waals surface area contributed by atoms with Gasteiger partial charge in [-0.05, 0) is 40.0 Å².